The zero-order valence-electron chi connectivity index (χ0n) is 14.8. The molecule has 4 rings (SSSR count). The third kappa shape index (κ3) is 3.14. The number of benzene rings is 2. The van der Waals surface area contributed by atoms with Crippen LogP contribution in [0.5, 0.6) is 0 Å². The Hall–Kier alpha value is -2.52. The Balaban J connectivity index is 1.71. The predicted octanol–water partition coefficient (Wildman–Crippen LogP) is 4.24. The molecule has 28 heavy (non-hydrogen) atoms. The maximum absolute atomic E-state index is 13.4. The minimum atomic E-state index is -3.73. The molecule has 0 saturated heterocycles. The largest absolute Gasteiger partial charge is 0.268 e. The fourth-order valence-electron chi connectivity index (χ4n) is 3.06. The summed E-state index contributed by atoms with van der Waals surface area (Å²) in [7, 11) is -3.73. The van der Waals surface area contributed by atoms with Gasteiger partial charge in [-0.15, -0.1) is 0 Å². The van der Waals surface area contributed by atoms with Crippen LogP contribution in [-0.4, -0.2) is 24.9 Å². The summed E-state index contributed by atoms with van der Waals surface area (Å²) in [6, 6.07) is 10.9. The highest BCUT2D eigenvalue weighted by molar-refractivity contribution is 7.98. The van der Waals surface area contributed by atoms with Crippen molar-refractivity contribution >= 4 is 27.5 Å². The first-order chi connectivity index (χ1) is 13.4. The molecule has 0 saturated carbocycles. The molecule has 0 aliphatic carbocycles. The Labute approximate surface area is 165 Å². The minimum Gasteiger partial charge on any atom is -0.266 e. The monoisotopic (exact) mass is 419 g/mol. The van der Waals surface area contributed by atoms with Crippen molar-refractivity contribution < 1.29 is 17.2 Å². The fraction of sp³-hybridized carbons (Fsp3) is 0.158. The molecule has 0 atom stereocenters. The highest BCUT2D eigenvalue weighted by Crippen LogP contribution is 2.42. The van der Waals surface area contributed by atoms with Gasteiger partial charge in [-0.1, -0.05) is 36.0 Å². The van der Waals surface area contributed by atoms with Crippen molar-refractivity contribution in [1.29, 1.82) is 0 Å². The Morgan fingerprint density at radius 1 is 1.11 bits per heavy atom. The van der Waals surface area contributed by atoms with Crippen LogP contribution in [0.4, 0.5) is 14.5 Å². The third-order valence-electron chi connectivity index (χ3n) is 4.37. The summed E-state index contributed by atoms with van der Waals surface area (Å²) in [6.07, 6.45) is 1.31. The van der Waals surface area contributed by atoms with Gasteiger partial charge in [-0.2, -0.15) is 0 Å². The number of rotatable bonds is 4. The van der Waals surface area contributed by atoms with Crippen LogP contribution in [0.25, 0.3) is 11.3 Å². The van der Waals surface area contributed by atoms with E-state index in [1.54, 1.807) is 19.1 Å². The molecular formula is C19H15F2N3O2S2. The van der Waals surface area contributed by atoms with Crippen molar-refractivity contribution in [3.05, 3.63) is 65.9 Å². The van der Waals surface area contributed by atoms with Gasteiger partial charge in [0.1, 0.15) is 4.90 Å². The summed E-state index contributed by atoms with van der Waals surface area (Å²) in [4.78, 5) is 8.68. The van der Waals surface area contributed by atoms with E-state index in [0.717, 1.165) is 12.1 Å². The van der Waals surface area contributed by atoms with E-state index in [4.69, 9.17) is 0 Å². The number of nitrogens with zero attached hydrogens (tertiary/aromatic N) is 3. The summed E-state index contributed by atoms with van der Waals surface area (Å²) in [5, 5.41) is 0.360. The fourth-order valence-corrected chi connectivity index (χ4v) is 5.40. The van der Waals surface area contributed by atoms with Gasteiger partial charge in [0.2, 0.25) is 0 Å². The van der Waals surface area contributed by atoms with Crippen molar-refractivity contribution in [1.82, 2.24) is 9.97 Å². The average molecular weight is 419 g/mol. The number of halogens is 2. The molecule has 5 nitrogen and oxygen atoms in total. The maximum Gasteiger partial charge on any atom is 0.268 e. The summed E-state index contributed by atoms with van der Waals surface area (Å²) >= 11 is 1.22. The molecular weight excluding hydrogens is 404 g/mol. The minimum absolute atomic E-state index is 0.0604. The van der Waals surface area contributed by atoms with E-state index >= 15 is 0 Å². The van der Waals surface area contributed by atoms with Crippen molar-refractivity contribution in [3.8, 4) is 11.3 Å². The second kappa shape index (κ2) is 7.14. The molecule has 2 aromatic carbocycles. The van der Waals surface area contributed by atoms with Crippen molar-refractivity contribution in [3.63, 3.8) is 0 Å². The summed E-state index contributed by atoms with van der Waals surface area (Å²) < 4.78 is 53.6. The van der Waals surface area contributed by atoms with Crippen molar-refractivity contribution in [2.24, 2.45) is 0 Å². The molecule has 0 bridgehead atoms. The molecule has 2 heterocycles. The van der Waals surface area contributed by atoms with Gasteiger partial charge in [-0.05, 0) is 30.7 Å². The van der Waals surface area contributed by atoms with Gasteiger partial charge in [-0.3, -0.25) is 4.31 Å². The number of fused-ring (bicyclic) bond motifs is 3. The molecule has 0 amide bonds. The quantitative estimate of drug-likeness (QED) is 0.468. The van der Waals surface area contributed by atoms with Crippen molar-refractivity contribution in [2.45, 2.75) is 22.7 Å². The Bertz CT molecular complexity index is 1170. The highest BCUT2D eigenvalue weighted by atomic mass is 32.2. The first-order valence-corrected chi connectivity index (χ1v) is 10.9. The Kier molecular flexibility index (Phi) is 4.80. The summed E-state index contributed by atoms with van der Waals surface area (Å²) in [5.41, 5.74) is 2.22. The summed E-state index contributed by atoms with van der Waals surface area (Å²) in [5.74, 6) is -1.49. The van der Waals surface area contributed by atoms with Gasteiger partial charge < -0.3 is 0 Å². The van der Waals surface area contributed by atoms with E-state index < -0.39 is 21.7 Å². The molecule has 0 fully saturated rings. The number of hydrogen-bond acceptors (Lipinski definition) is 5. The molecule has 0 unspecified atom stereocenters. The van der Waals surface area contributed by atoms with Gasteiger partial charge in [0, 0.05) is 17.9 Å². The molecule has 3 aromatic rings. The SMILES string of the molecule is CCN1c2ccccc2-c2nc(SCc3ccc(F)c(F)c3)ncc2S1(=O)=O. The number of sulfonamides is 1. The van der Waals surface area contributed by atoms with Crippen LogP contribution >= 0.6 is 11.8 Å². The molecule has 144 valence electrons. The lowest BCUT2D eigenvalue weighted by molar-refractivity contribution is 0.507. The number of hydrogen-bond donors (Lipinski definition) is 0. The zero-order chi connectivity index (χ0) is 19.9. The first-order valence-electron chi connectivity index (χ1n) is 8.47. The van der Waals surface area contributed by atoms with E-state index in [9.17, 15) is 17.2 Å². The number of para-hydroxylation sites is 1. The van der Waals surface area contributed by atoms with Crippen LogP contribution < -0.4 is 4.31 Å². The van der Waals surface area contributed by atoms with Crippen LogP contribution in [-0.2, 0) is 15.8 Å². The zero-order valence-corrected chi connectivity index (χ0v) is 16.4. The van der Waals surface area contributed by atoms with Gasteiger partial charge >= 0.3 is 0 Å². The molecule has 0 N–H and O–H groups in total. The summed E-state index contributed by atoms with van der Waals surface area (Å²) in [6.45, 7) is 2.07. The lowest BCUT2D eigenvalue weighted by Gasteiger charge is -2.30. The molecule has 9 heteroatoms. The van der Waals surface area contributed by atoms with Crippen LogP contribution in [0, 0.1) is 11.6 Å². The van der Waals surface area contributed by atoms with E-state index in [-0.39, 0.29) is 4.90 Å². The van der Waals surface area contributed by atoms with Crippen molar-refractivity contribution in [2.75, 3.05) is 10.8 Å². The topological polar surface area (TPSA) is 63.2 Å². The van der Waals surface area contributed by atoms with Crippen LogP contribution in [0.1, 0.15) is 12.5 Å². The van der Waals surface area contributed by atoms with Gasteiger partial charge in [0.05, 0.1) is 17.6 Å². The Morgan fingerprint density at radius 2 is 1.89 bits per heavy atom. The standard InChI is InChI=1S/C19H15F2N3O2S2/c1-2-24-16-6-4-3-5-13(16)18-17(28(24,25)26)10-22-19(23-18)27-11-12-7-8-14(20)15(21)9-12/h3-10H,2,11H2,1H3. The molecule has 1 aliphatic rings. The predicted molar refractivity (Wildman–Crippen MR) is 104 cm³/mol. The maximum atomic E-state index is 13.4. The van der Waals surface area contributed by atoms with Crippen LogP contribution in [0.3, 0.4) is 0 Å². The highest BCUT2D eigenvalue weighted by Gasteiger charge is 2.35. The normalized spacial score (nSPS) is 14.5. The van der Waals surface area contributed by atoms with Crippen LogP contribution in [0.2, 0.25) is 0 Å². The lowest BCUT2D eigenvalue weighted by Crippen LogP contribution is -2.34. The lowest BCUT2D eigenvalue weighted by atomic mass is 10.1. The smallest absolute Gasteiger partial charge is 0.266 e. The number of aromatic nitrogens is 2. The molecule has 1 aliphatic heterocycles. The van der Waals surface area contributed by atoms with E-state index in [1.807, 2.05) is 12.1 Å². The second-order valence-corrected chi connectivity index (χ2v) is 8.86. The molecule has 0 radical (unpaired) electrons. The molecule has 1 aromatic heterocycles. The van der Waals surface area contributed by atoms with Gasteiger partial charge in [-0.25, -0.2) is 27.2 Å². The van der Waals surface area contributed by atoms with Gasteiger partial charge in [0.15, 0.2) is 16.8 Å². The second-order valence-electron chi connectivity index (χ2n) is 6.09. The van der Waals surface area contributed by atoms with E-state index in [2.05, 4.69) is 9.97 Å². The number of anilines is 1. The third-order valence-corrected chi connectivity index (χ3v) is 7.19. The molecule has 0 spiro atoms. The number of thioether (sulfide) groups is 1. The van der Waals surface area contributed by atoms with E-state index in [0.29, 0.717) is 40.0 Å². The van der Waals surface area contributed by atoms with E-state index in [1.165, 1.54) is 28.3 Å². The Morgan fingerprint density at radius 3 is 2.64 bits per heavy atom. The average Bonchev–Trinajstić information content (AvgIpc) is 2.69. The van der Waals surface area contributed by atoms with Crippen LogP contribution in [0.15, 0.2) is 58.7 Å². The van der Waals surface area contributed by atoms with Gasteiger partial charge in [0.25, 0.3) is 10.0 Å². The first kappa shape index (κ1) is 18.8.